The van der Waals surface area contributed by atoms with Gasteiger partial charge in [-0.2, -0.15) is 0 Å². The van der Waals surface area contributed by atoms with Gasteiger partial charge in [0.2, 0.25) is 0 Å². The maximum atomic E-state index is 9.73. The Morgan fingerprint density at radius 1 is 1.14 bits per heavy atom. The summed E-state index contributed by atoms with van der Waals surface area (Å²) < 4.78 is 5.47. The molecule has 1 heterocycles. The predicted molar refractivity (Wildman–Crippen MR) is 83.0 cm³/mol. The molecule has 1 N–H and O–H groups in total. The van der Waals surface area contributed by atoms with E-state index in [1.54, 1.807) is 6.07 Å². The van der Waals surface area contributed by atoms with Gasteiger partial charge >= 0.3 is 0 Å². The van der Waals surface area contributed by atoms with Gasteiger partial charge in [0.1, 0.15) is 5.69 Å². The van der Waals surface area contributed by atoms with Crippen molar-refractivity contribution in [3.63, 3.8) is 0 Å². The van der Waals surface area contributed by atoms with Crippen molar-refractivity contribution in [2.24, 2.45) is 0 Å². The molecule has 0 aliphatic heterocycles. The average molecular weight is 300 g/mol. The molecule has 0 saturated heterocycles. The molecule has 4 heteroatoms. The third-order valence-electron chi connectivity index (χ3n) is 3.36. The molecule has 0 radical (unpaired) electrons. The monoisotopic (exact) mass is 299 g/mol. The first-order chi connectivity index (χ1) is 10.2. The number of aromatic nitrogens is 1. The lowest BCUT2D eigenvalue weighted by atomic mass is 10.0. The quantitative estimate of drug-likeness (QED) is 0.776. The fourth-order valence-corrected chi connectivity index (χ4v) is 2.56. The van der Waals surface area contributed by atoms with E-state index in [9.17, 15) is 5.11 Å². The van der Waals surface area contributed by atoms with Crippen LogP contribution in [0.25, 0.3) is 22.6 Å². The van der Waals surface area contributed by atoms with Crippen LogP contribution in [-0.2, 0) is 6.61 Å². The van der Waals surface area contributed by atoms with Crippen LogP contribution in [0.1, 0.15) is 11.1 Å². The second kappa shape index (κ2) is 5.72. The number of aliphatic hydroxyl groups is 1. The first kappa shape index (κ1) is 13.9. The number of hydrogen-bond donors (Lipinski definition) is 1. The molecule has 0 aliphatic carbocycles. The number of rotatable bonds is 3. The standard InChI is InChI=1S/C17H14ClNO2/c1-11-5-4-6-12(9-11)17-14(10-20)16(19-21-17)13-7-2-3-8-15(13)18/h2-9,20H,10H2,1H3. The van der Waals surface area contributed by atoms with Gasteiger partial charge < -0.3 is 9.63 Å². The summed E-state index contributed by atoms with van der Waals surface area (Å²) in [6.45, 7) is 1.85. The number of nitrogens with zero attached hydrogens (tertiary/aromatic N) is 1. The molecule has 0 fully saturated rings. The zero-order valence-electron chi connectivity index (χ0n) is 11.5. The number of aliphatic hydroxyl groups excluding tert-OH is 1. The Morgan fingerprint density at radius 3 is 2.67 bits per heavy atom. The maximum absolute atomic E-state index is 9.73. The second-order valence-corrected chi connectivity index (χ2v) is 5.25. The number of halogens is 1. The highest BCUT2D eigenvalue weighted by Crippen LogP contribution is 2.35. The zero-order valence-corrected chi connectivity index (χ0v) is 12.3. The Morgan fingerprint density at radius 2 is 1.95 bits per heavy atom. The molecular weight excluding hydrogens is 286 g/mol. The Labute approximate surface area is 127 Å². The predicted octanol–water partition coefficient (Wildman–Crippen LogP) is 4.46. The molecule has 0 atom stereocenters. The minimum Gasteiger partial charge on any atom is -0.391 e. The van der Waals surface area contributed by atoms with E-state index in [-0.39, 0.29) is 6.61 Å². The van der Waals surface area contributed by atoms with Crippen LogP contribution in [0.4, 0.5) is 0 Å². The van der Waals surface area contributed by atoms with Crippen LogP contribution in [0.3, 0.4) is 0 Å². The third kappa shape index (κ3) is 2.58. The van der Waals surface area contributed by atoms with E-state index >= 15 is 0 Å². The van der Waals surface area contributed by atoms with E-state index in [0.29, 0.717) is 22.0 Å². The smallest absolute Gasteiger partial charge is 0.173 e. The summed E-state index contributed by atoms with van der Waals surface area (Å²) in [5.41, 5.74) is 4.00. The molecule has 3 aromatic rings. The lowest BCUT2D eigenvalue weighted by molar-refractivity contribution is 0.281. The summed E-state index contributed by atoms with van der Waals surface area (Å²) in [6.07, 6.45) is 0. The van der Waals surface area contributed by atoms with Crippen molar-refractivity contribution in [1.29, 1.82) is 0 Å². The van der Waals surface area contributed by atoms with Crippen LogP contribution in [0.15, 0.2) is 53.1 Å². The molecule has 3 nitrogen and oxygen atoms in total. The van der Waals surface area contributed by atoms with Crippen molar-refractivity contribution in [3.05, 3.63) is 64.7 Å². The van der Waals surface area contributed by atoms with E-state index in [4.69, 9.17) is 16.1 Å². The summed E-state index contributed by atoms with van der Waals surface area (Å²) in [4.78, 5) is 0. The van der Waals surface area contributed by atoms with Crippen molar-refractivity contribution in [1.82, 2.24) is 5.16 Å². The molecule has 0 unspecified atom stereocenters. The lowest BCUT2D eigenvalue weighted by Gasteiger charge is -2.03. The molecular formula is C17H14ClNO2. The summed E-state index contributed by atoms with van der Waals surface area (Å²) in [7, 11) is 0. The minimum absolute atomic E-state index is 0.159. The van der Waals surface area contributed by atoms with E-state index in [2.05, 4.69) is 5.16 Å². The van der Waals surface area contributed by atoms with Crippen LogP contribution < -0.4 is 0 Å². The lowest BCUT2D eigenvalue weighted by Crippen LogP contribution is -1.90. The molecule has 3 rings (SSSR count). The van der Waals surface area contributed by atoms with Crippen LogP contribution in [0, 0.1) is 6.92 Å². The third-order valence-corrected chi connectivity index (χ3v) is 3.69. The molecule has 0 aliphatic rings. The normalized spacial score (nSPS) is 10.8. The van der Waals surface area contributed by atoms with Crippen molar-refractivity contribution >= 4 is 11.6 Å². The molecule has 0 saturated carbocycles. The topological polar surface area (TPSA) is 46.3 Å². The van der Waals surface area contributed by atoms with E-state index < -0.39 is 0 Å². The van der Waals surface area contributed by atoms with Crippen molar-refractivity contribution < 1.29 is 9.63 Å². The summed E-state index contributed by atoms with van der Waals surface area (Å²) in [5.74, 6) is 0.580. The van der Waals surface area contributed by atoms with Gasteiger partial charge in [-0.25, -0.2) is 0 Å². The fourth-order valence-electron chi connectivity index (χ4n) is 2.33. The van der Waals surface area contributed by atoms with E-state index in [0.717, 1.165) is 16.7 Å². The highest BCUT2D eigenvalue weighted by atomic mass is 35.5. The number of hydrogen-bond acceptors (Lipinski definition) is 3. The van der Waals surface area contributed by atoms with Crippen molar-refractivity contribution in [2.45, 2.75) is 13.5 Å². The summed E-state index contributed by atoms with van der Waals surface area (Å²) >= 11 is 6.20. The second-order valence-electron chi connectivity index (χ2n) is 4.85. The van der Waals surface area contributed by atoms with Crippen molar-refractivity contribution in [3.8, 4) is 22.6 Å². The Kier molecular flexibility index (Phi) is 3.78. The van der Waals surface area contributed by atoms with Crippen LogP contribution in [0.2, 0.25) is 5.02 Å². The number of aryl methyl sites for hydroxylation is 1. The van der Waals surface area contributed by atoms with Gasteiger partial charge in [-0.3, -0.25) is 0 Å². The van der Waals surface area contributed by atoms with Gasteiger partial charge in [0.05, 0.1) is 17.2 Å². The Bertz CT molecular complexity index is 780. The molecule has 2 aromatic carbocycles. The summed E-state index contributed by atoms with van der Waals surface area (Å²) in [5, 5.41) is 14.4. The highest BCUT2D eigenvalue weighted by Gasteiger charge is 2.19. The van der Waals surface area contributed by atoms with Gasteiger partial charge in [-0.05, 0) is 19.1 Å². The van der Waals surface area contributed by atoms with Gasteiger partial charge in [0, 0.05) is 11.1 Å². The number of benzene rings is 2. The zero-order chi connectivity index (χ0) is 14.8. The van der Waals surface area contributed by atoms with Gasteiger partial charge in [0.15, 0.2) is 5.76 Å². The molecule has 106 valence electrons. The van der Waals surface area contributed by atoms with Gasteiger partial charge in [-0.15, -0.1) is 0 Å². The SMILES string of the molecule is Cc1cccc(-c2onc(-c3ccccc3Cl)c2CO)c1. The average Bonchev–Trinajstić information content (AvgIpc) is 2.91. The molecule has 0 bridgehead atoms. The Hall–Kier alpha value is -2.10. The largest absolute Gasteiger partial charge is 0.391 e. The van der Waals surface area contributed by atoms with Crippen LogP contribution in [0.5, 0.6) is 0 Å². The molecule has 21 heavy (non-hydrogen) atoms. The minimum atomic E-state index is -0.159. The Balaban J connectivity index is 2.16. The first-order valence-corrected chi connectivity index (χ1v) is 7.00. The van der Waals surface area contributed by atoms with Gasteiger partial charge in [0.25, 0.3) is 0 Å². The van der Waals surface area contributed by atoms with Crippen molar-refractivity contribution in [2.75, 3.05) is 0 Å². The maximum Gasteiger partial charge on any atom is 0.173 e. The first-order valence-electron chi connectivity index (χ1n) is 6.62. The molecule has 0 spiro atoms. The summed E-state index contributed by atoms with van der Waals surface area (Å²) in [6, 6.07) is 15.3. The fraction of sp³-hybridized carbons (Fsp3) is 0.118. The van der Waals surface area contributed by atoms with E-state index in [1.807, 2.05) is 49.4 Å². The molecule has 0 amide bonds. The van der Waals surface area contributed by atoms with Crippen LogP contribution in [-0.4, -0.2) is 10.3 Å². The van der Waals surface area contributed by atoms with E-state index in [1.165, 1.54) is 0 Å². The van der Waals surface area contributed by atoms with Crippen LogP contribution >= 0.6 is 11.6 Å². The molecule has 1 aromatic heterocycles. The van der Waals surface area contributed by atoms with Gasteiger partial charge in [-0.1, -0.05) is 58.7 Å². The highest BCUT2D eigenvalue weighted by molar-refractivity contribution is 6.33.